The van der Waals surface area contributed by atoms with Crippen LogP contribution in [-0.2, 0) is 6.42 Å². The van der Waals surface area contributed by atoms with Crippen LogP contribution < -0.4 is 0 Å². The molecule has 0 radical (unpaired) electrons. The molecule has 20 rings (SSSR count). The number of fused-ring (bicyclic) bond motifs is 12. The summed E-state index contributed by atoms with van der Waals surface area (Å²) in [6, 6.07) is 121. The molecule has 16 aromatic carbocycles. The molecule has 0 spiro atoms. The zero-order valence-corrected chi connectivity index (χ0v) is 65.2. The van der Waals surface area contributed by atoms with Crippen LogP contribution in [0, 0.1) is 93.8 Å². The van der Waals surface area contributed by atoms with Gasteiger partial charge in [-0.25, -0.2) is 0 Å². The Morgan fingerprint density at radius 1 is 0.198 bits per heavy atom. The number of hydrogen-bond acceptors (Lipinski definition) is 4. The summed E-state index contributed by atoms with van der Waals surface area (Å²) in [6.07, 6.45) is 0.625. The maximum Gasteiger partial charge on any atom is 0.0993 e. The Morgan fingerprint density at radius 2 is 0.509 bits per heavy atom. The Morgan fingerprint density at radius 3 is 0.914 bits per heavy atom. The van der Waals surface area contributed by atoms with E-state index in [1.807, 2.05) is 60.7 Å². The van der Waals surface area contributed by atoms with Gasteiger partial charge in [0.25, 0.3) is 0 Å². The maximum atomic E-state index is 11.4. The number of aromatic nitrogens is 4. The van der Waals surface area contributed by atoms with Gasteiger partial charge in [0, 0.05) is 54.2 Å². The van der Waals surface area contributed by atoms with Crippen LogP contribution in [0.4, 0.5) is 0 Å². The van der Waals surface area contributed by atoms with Gasteiger partial charge in [-0.15, -0.1) is 0 Å². The first-order valence-corrected chi connectivity index (χ1v) is 39.3. The highest BCUT2D eigenvalue weighted by Gasteiger charge is 2.28. The number of nitrogens with zero attached hydrogens (tertiary/aromatic N) is 8. The van der Waals surface area contributed by atoms with Crippen molar-refractivity contribution in [2.45, 2.75) is 54.9 Å². The van der Waals surface area contributed by atoms with E-state index in [9.17, 15) is 21.0 Å². The third-order valence-electron chi connectivity index (χ3n) is 23.4. The van der Waals surface area contributed by atoms with Gasteiger partial charge in [0.15, 0.2) is 0 Å². The smallest absolute Gasteiger partial charge is 0.0993 e. The molecule has 20 aromatic rings. The summed E-state index contributed by atoms with van der Waals surface area (Å²) in [5.41, 5.74) is 36.1. The highest BCUT2D eigenvalue weighted by Crippen LogP contribution is 2.48. The van der Waals surface area contributed by atoms with Crippen molar-refractivity contribution in [2.75, 3.05) is 0 Å². The predicted molar refractivity (Wildman–Crippen MR) is 478 cm³/mol. The van der Waals surface area contributed by atoms with E-state index in [2.05, 4.69) is 340 Å². The zero-order valence-electron chi connectivity index (χ0n) is 65.2. The van der Waals surface area contributed by atoms with Gasteiger partial charge in [-0.3, -0.25) is 0 Å². The van der Waals surface area contributed by atoms with Gasteiger partial charge in [0.2, 0.25) is 0 Å². The van der Waals surface area contributed by atoms with Gasteiger partial charge >= 0.3 is 0 Å². The van der Waals surface area contributed by atoms with E-state index in [4.69, 9.17) is 0 Å². The summed E-state index contributed by atoms with van der Waals surface area (Å²) in [5.74, 6) is 0. The molecular formula is C108H74N8. The van der Waals surface area contributed by atoms with Gasteiger partial charge in [-0.05, 0) is 237 Å². The van der Waals surface area contributed by atoms with Crippen LogP contribution in [-0.4, -0.2) is 18.3 Å². The monoisotopic (exact) mass is 1480 g/mol. The van der Waals surface area contributed by atoms with E-state index < -0.39 is 0 Å². The normalized spacial score (nSPS) is 11.6. The summed E-state index contributed by atoms with van der Waals surface area (Å²) in [4.78, 5) is 0. The van der Waals surface area contributed by atoms with Gasteiger partial charge in [-0.1, -0.05) is 233 Å². The third kappa shape index (κ3) is 11.8. The number of aryl methyl sites for hydroxylation is 7. The second kappa shape index (κ2) is 27.6. The van der Waals surface area contributed by atoms with Crippen LogP contribution in [0.1, 0.15) is 72.3 Å². The van der Waals surface area contributed by atoms with Gasteiger partial charge in [0.1, 0.15) is 0 Å². The lowest BCUT2D eigenvalue weighted by atomic mass is 9.95. The highest BCUT2D eigenvalue weighted by atomic mass is 15.0. The van der Waals surface area contributed by atoms with Crippen molar-refractivity contribution >= 4 is 87.2 Å². The van der Waals surface area contributed by atoms with Crippen molar-refractivity contribution in [3.8, 4) is 114 Å². The van der Waals surface area contributed by atoms with Gasteiger partial charge in [-0.2, -0.15) is 21.0 Å². The Labute approximate surface area is 672 Å². The van der Waals surface area contributed by atoms with Crippen LogP contribution in [0.2, 0.25) is 0 Å². The van der Waals surface area contributed by atoms with Crippen molar-refractivity contribution in [1.29, 1.82) is 21.0 Å². The summed E-state index contributed by atoms with van der Waals surface area (Å²) >= 11 is 0. The summed E-state index contributed by atoms with van der Waals surface area (Å²) in [6.45, 7) is 15.1. The van der Waals surface area contributed by atoms with Gasteiger partial charge in [0.05, 0.1) is 113 Å². The molecule has 0 aliphatic heterocycles. The molecule has 0 N–H and O–H groups in total. The Kier molecular flexibility index (Phi) is 16.6. The number of rotatable bonds is 12. The quantitative estimate of drug-likeness (QED) is 0.121. The van der Waals surface area contributed by atoms with Crippen molar-refractivity contribution in [3.63, 3.8) is 0 Å². The topological polar surface area (TPSA) is 115 Å². The maximum absolute atomic E-state index is 11.4. The SMILES string of the molecule is Cc1cc(C)cc(-c2ccc3c(c2)c2ccccc2n3-c2cc(C#N)cc(-n3c4ccc(Cc5cc(C)cc(-c6ccc7c8ccccc8n(-c8cc(C#N)cc(-n9c%10ccccc%10c%10ccc(-c%11cc(C)cc(C)c%11)cc%109)c8-c8cccc(C#N)c8)c7c6)c5)cc4c4cc(-c5cc(C)cc(C)c5)ccc43)c2-c2cccc(C#N)c2)c1. The predicted octanol–water partition coefficient (Wildman–Crippen LogP) is 27.3. The Bertz CT molecular complexity index is 7760. The van der Waals surface area contributed by atoms with E-state index in [1.165, 1.54) is 33.4 Å². The minimum absolute atomic E-state index is 0.495. The Hall–Kier alpha value is -15.3. The lowest BCUT2D eigenvalue weighted by Crippen LogP contribution is -2.05. The first kappa shape index (κ1) is 69.8. The molecule has 0 amide bonds. The molecule has 0 saturated carbocycles. The van der Waals surface area contributed by atoms with Crippen molar-refractivity contribution < 1.29 is 0 Å². The van der Waals surface area contributed by atoms with E-state index >= 15 is 0 Å². The number of para-hydroxylation sites is 3. The minimum Gasteiger partial charge on any atom is -0.308 e. The largest absolute Gasteiger partial charge is 0.308 e. The standard InChI is InChI=1S/C108H74N8/c1-64-36-65(2)41-83(40-64)77-29-34-99-93(56-77)89-22-10-13-25-97(89)113(99)103-52-75(62-111)53-104(107(103)81-18-14-16-72(48-81)60-109)114-98-33-26-71(51-92(98)94-57-78(30-35-100(94)114)84-42-66(3)37-67(4)43-84)47-74-39-70(7)46-86(50-74)80-28-32-91-88-21-9-12-24-96(88)116(102(91)59-80)106-55-76(63-112)54-105(108(106)82-19-15-17-73(49-82)61-110)115-95-23-11-8-20-87(95)90-31-27-79(58-101(90)115)85-44-68(5)38-69(6)45-85/h8-46,48-59H,47H2,1-7H3. The van der Waals surface area contributed by atoms with Crippen LogP contribution in [0.5, 0.6) is 0 Å². The fourth-order valence-electron chi connectivity index (χ4n) is 18.8. The molecule has 0 aliphatic carbocycles. The molecule has 0 unspecified atom stereocenters. The second-order valence-corrected chi connectivity index (χ2v) is 31.6. The zero-order chi connectivity index (χ0) is 78.9. The van der Waals surface area contributed by atoms with E-state index in [0.717, 1.165) is 193 Å². The summed E-state index contributed by atoms with van der Waals surface area (Å²) in [5, 5.41) is 52.7. The van der Waals surface area contributed by atoms with Crippen molar-refractivity contribution in [1.82, 2.24) is 18.3 Å². The third-order valence-corrected chi connectivity index (χ3v) is 23.4. The van der Waals surface area contributed by atoms with Crippen LogP contribution in [0.15, 0.2) is 309 Å². The average molecular weight is 1480 g/mol. The molecular weight excluding hydrogens is 1410 g/mol. The van der Waals surface area contributed by atoms with E-state index in [0.29, 0.717) is 28.7 Å². The molecule has 0 saturated heterocycles. The van der Waals surface area contributed by atoms with Crippen molar-refractivity contribution in [3.05, 3.63) is 382 Å². The van der Waals surface area contributed by atoms with E-state index in [-0.39, 0.29) is 0 Å². The van der Waals surface area contributed by atoms with Crippen LogP contribution in [0.25, 0.3) is 177 Å². The number of nitriles is 4. The molecule has 0 atom stereocenters. The lowest BCUT2D eigenvalue weighted by Gasteiger charge is -2.21. The fraction of sp³-hybridized carbons (Fsp3) is 0.0741. The number of benzene rings is 16. The van der Waals surface area contributed by atoms with E-state index in [1.54, 1.807) is 0 Å². The molecule has 4 aromatic heterocycles. The van der Waals surface area contributed by atoms with Crippen molar-refractivity contribution in [2.24, 2.45) is 0 Å². The summed E-state index contributed by atoms with van der Waals surface area (Å²) < 4.78 is 9.34. The van der Waals surface area contributed by atoms with Crippen LogP contribution in [0.3, 0.4) is 0 Å². The molecule has 8 heteroatoms. The van der Waals surface area contributed by atoms with Crippen LogP contribution >= 0.6 is 0 Å². The molecule has 546 valence electrons. The molecule has 0 fully saturated rings. The second-order valence-electron chi connectivity index (χ2n) is 31.6. The number of hydrogen-bond donors (Lipinski definition) is 0. The molecule has 116 heavy (non-hydrogen) atoms. The average Bonchev–Trinajstić information content (AvgIpc) is 1.55. The molecule has 0 bridgehead atoms. The Balaban J connectivity index is 0.761. The molecule has 0 aliphatic rings. The van der Waals surface area contributed by atoms with Gasteiger partial charge < -0.3 is 18.3 Å². The first-order chi connectivity index (χ1) is 56.6. The molecule has 4 heterocycles. The first-order valence-electron chi connectivity index (χ1n) is 39.3. The highest BCUT2D eigenvalue weighted by molar-refractivity contribution is 6.16. The minimum atomic E-state index is 0.495. The summed E-state index contributed by atoms with van der Waals surface area (Å²) in [7, 11) is 0. The lowest BCUT2D eigenvalue weighted by molar-refractivity contribution is 1.13. The molecule has 8 nitrogen and oxygen atoms in total. The fourth-order valence-corrected chi connectivity index (χ4v) is 18.8.